The van der Waals surface area contributed by atoms with Crippen molar-refractivity contribution in [2.45, 2.75) is 81.7 Å². The van der Waals surface area contributed by atoms with Gasteiger partial charge in [0.05, 0.1) is 30.8 Å². The molecular weight excluding hydrogens is 577 g/mol. The number of carbonyl (C=O) groups is 1. The summed E-state index contributed by atoms with van der Waals surface area (Å²) in [6, 6.07) is 21.3. The second kappa shape index (κ2) is 14.8. The lowest BCUT2D eigenvalue weighted by Gasteiger charge is -2.48. The Hall–Kier alpha value is -3.44. The molecule has 0 saturated carbocycles. The number of carbonyl (C=O) groups excluding carboxylic acids is 1. The van der Waals surface area contributed by atoms with Gasteiger partial charge in [0, 0.05) is 5.69 Å². The van der Waals surface area contributed by atoms with Crippen LogP contribution in [0.1, 0.15) is 67.0 Å². The first kappa shape index (κ1) is 32.9. The zero-order valence-electron chi connectivity index (χ0n) is 25.3. The first-order valence-electron chi connectivity index (χ1n) is 15.6. The Morgan fingerprint density at radius 1 is 0.911 bits per heavy atom. The molecule has 240 valence electrons. The molecule has 2 saturated heterocycles. The minimum atomic E-state index is -1.41. The lowest BCUT2D eigenvalue weighted by Crippen LogP contribution is -2.58. The average Bonchev–Trinajstić information content (AvgIpc) is 3.05. The summed E-state index contributed by atoms with van der Waals surface area (Å²) in [4.78, 5) is 15.1. The van der Waals surface area contributed by atoms with Crippen LogP contribution in [0.2, 0.25) is 0 Å². The van der Waals surface area contributed by atoms with Gasteiger partial charge in [-0.1, -0.05) is 74.0 Å². The van der Waals surface area contributed by atoms with E-state index in [1.807, 2.05) is 54.6 Å². The van der Waals surface area contributed by atoms with E-state index in [1.165, 1.54) is 17.7 Å². The molecule has 2 aliphatic rings. The van der Waals surface area contributed by atoms with Crippen molar-refractivity contribution in [1.82, 2.24) is 0 Å². The molecule has 9 heteroatoms. The maximum Gasteiger partial charge on any atom is 0.233 e. The van der Waals surface area contributed by atoms with Crippen LogP contribution in [0.15, 0.2) is 78.9 Å². The molecule has 5 N–H and O–H groups in total. The van der Waals surface area contributed by atoms with Crippen LogP contribution in [-0.4, -0.2) is 68.6 Å². The smallest absolute Gasteiger partial charge is 0.233 e. The van der Waals surface area contributed by atoms with E-state index in [-0.39, 0.29) is 30.1 Å². The molecule has 0 bridgehead atoms. The Balaban J connectivity index is 1.27. The number of aliphatic hydroxyl groups excluding tert-OH is 5. The van der Waals surface area contributed by atoms with E-state index >= 15 is 0 Å². The van der Waals surface area contributed by atoms with Gasteiger partial charge in [0.2, 0.25) is 5.91 Å². The molecule has 2 aliphatic heterocycles. The number of ether oxygens (including phenoxy) is 1. The highest BCUT2D eigenvalue weighted by Crippen LogP contribution is 2.46. The molecule has 2 fully saturated rings. The summed E-state index contributed by atoms with van der Waals surface area (Å²) in [6.45, 7) is 1.65. The first-order chi connectivity index (χ1) is 21.7. The van der Waals surface area contributed by atoms with Crippen molar-refractivity contribution < 1.29 is 39.5 Å². The third-order valence-electron chi connectivity index (χ3n) is 8.92. The number of aliphatic hydroxyl groups is 5. The van der Waals surface area contributed by atoms with Crippen LogP contribution in [0.3, 0.4) is 0 Å². The highest BCUT2D eigenvalue weighted by Gasteiger charge is 2.48. The molecule has 1 amide bonds. The van der Waals surface area contributed by atoms with Crippen LogP contribution >= 0.6 is 0 Å². The van der Waals surface area contributed by atoms with E-state index in [0.29, 0.717) is 18.5 Å². The second-order valence-corrected chi connectivity index (χ2v) is 12.0. The summed E-state index contributed by atoms with van der Waals surface area (Å²) in [5, 5.41) is 50.6. The Bertz CT molecular complexity index is 1430. The van der Waals surface area contributed by atoms with Crippen LogP contribution in [0, 0.1) is 11.7 Å². The first-order valence-corrected chi connectivity index (χ1v) is 15.6. The normalized spacial score (nSPS) is 27.5. The summed E-state index contributed by atoms with van der Waals surface area (Å²) in [5.41, 5.74) is 4.44. The average molecular weight is 620 g/mol. The van der Waals surface area contributed by atoms with Gasteiger partial charge in [0.1, 0.15) is 30.2 Å². The quantitative estimate of drug-likeness (QED) is 0.192. The van der Waals surface area contributed by atoms with Gasteiger partial charge in [-0.25, -0.2) is 4.39 Å². The SMILES string of the molecule is CCCc1ccc([C@@H](O)CC[C@H]2C(=O)N(c3ccc(F)cc3)[C@@H]2c2ccc(/C=C/CC3O[C@H](CO)[C@@H](O)[C@H](O)[C@H]3O)cc2)cc1. The number of β-lactam (4-membered cyclic amide) rings is 1. The Morgan fingerprint density at radius 2 is 1.58 bits per heavy atom. The number of rotatable bonds is 12. The molecule has 8 atom stereocenters. The molecule has 0 aromatic heterocycles. The van der Waals surface area contributed by atoms with E-state index in [2.05, 4.69) is 6.92 Å². The summed E-state index contributed by atoms with van der Waals surface area (Å²) < 4.78 is 19.2. The van der Waals surface area contributed by atoms with Gasteiger partial charge in [-0.2, -0.15) is 0 Å². The Morgan fingerprint density at radius 3 is 2.22 bits per heavy atom. The summed E-state index contributed by atoms with van der Waals surface area (Å²) in [6.07, 6.45) is 0.315. The van der Waals surface area contributed by atoms with Crippen molar-refractivity contribution in [3.63, 3.8) is 0 Å². The third kappa shape index (κ3) is 7.35. The molecule has 0 spiro atoms. The molecule has 0 aliphatic carbocycles. The number of nitrogens with zero attached hydrogens (tertiary/aromatic N) is 1. The van der Waals surface area contributed by atoms with E-state index in [1.54, 1.807) is 23.1 Å². The fourth-order valence-corrected chi connectivity index (χ4v) is 6.32. The zero-order valence-corrected chi connectivity index (χ0v) is 25.3. The van der Waals surface area contributed by atoms with Crippen molar-refractivity contribution in [1.29, 1.82) is 0 Å². The lowest BCUT2D eigenvalue weighted by molar-refractivity contribution is -0.227. The Labute approximate surface area is 263 Å². The fraction of sp³-hybridized carbons (Fsp3) is 0.417. The number of halogens is 1. The van der Waals surface area contributed by atoms with Gasteiger partial charge in [-0.3, -0.25) is 4.79 Å². The largest absolute Gasteiger partial charge is 0.394 e. The van der Waals surface area contributed by atoms with Gasteiger partial charge in [0.15, 0.2) is 0 Å². The van der Waals surface area contributed by atoms with E-state index in [4.69, 9.17) is 4.74 Å². The standard InChI is InChI=1S/C36H42FNO7/c1-2-4-22-7-11-24(12-8-22)29(40)20-19-28-32(38(36(28)44)27-17-15-26(37)16-18-27)25-13-9-23(10-14-25)5-3-6-30-33(41)35(43)34(42)31(21-39)45-30/h3,5,7-18,28-35,39-43H,2,4,6,19-21H2,1H3/b5-3+/t28-,29+,30?,31-,32-,33+,34-,35-/m1/s1. The van der Waals surface area contributed by atoms with Crippen molar-refractivity contribution in [2.24, 2.45) is 5.92 Å². The molecule has 1 unspecified atom stereocenters. The maximum atomic E-state index is 13.7. The topological polar surface area (TPSA) is 131 Å². The van der Waals surface area contributed by atoms with E-state index < -0.39 is 43.2 Å². The molecule has 0 radical (unpaired) electrons. The third-order valence-corrected chi connectivity index (χ3v) is 8.92. The Kier molecular flexibility index (Phi) is 10.8. The number of hydrogen-bond acceptors (Lipinski definition) is 7. The summed E-state index contributed by atoms with van der Waals surface area (Å²) in [7, 11) is 0. The van der Waals surface area contributed by atoms with Gasteiger partial charge >= 0.3 is 0 Å². The lowest BCUT2D eigenvalue weighted by atomic mass is 9.78. The fourth-order valence-electron chi connectivity index (χ4n) is 6.32. The highest BCUT2D eigenvalue weighted by molar-refractivity contribution is 6.03. The van der Waals surface area contributed by atoms with Crippen LogP contribution in [0.5, 0.6) is 0 Å². The minimum absolute atomic E-state index is 0.0689. The molecule has 3 aromatic carbocycles. The second-order valence-electron chi connectivity index (χ2n) is 12.0. The molecule has 45 heavy (non-hydrogen) atoms. The predicted octanol–water partition coefficient (Wildman–Crippen LogP) is 4.24. The molecule has 3 aromatic rings. The highest BCUT2D eigenvalue weighted by atomic mass is 19.1. The van der Waals surface area contributed by atoms with Crippen LogP contribution in [0.4, 0.5) is 10.1 Å². The molecular formula is C36H42FNO7. The van der Waals surface area contributed by atoms with Crippen molar-refractivity contribution >= 4 is 17.7 Å². The van der Waals surface area contributed by atoms with Crippen molar-refractivity contribution in [3.05, 3.63) is 107 Å². The molecule has 2 heterocycles. The maximum absolute atomic E-state index is 13.7. The van der Waals surface area contributed by atoms with Crippen LogP contribution in [0.25, 0.3) is 6.08 Å². The van der Waals surface area contributed by atoms with E-state index in [9.17, 15) is 34.7 Å². The number of benzene rings is 3. The van der Waals surface area contributed by atoms with Gasteiger partial charge < -0.3 is 35.2 Å². The number of anilines is 1. The number of hydrogen-bond donors (Lipinski definition) is 5. The van der Waals surface area contributed by atoms with Crippen LogP contribution < -0.4 is 4.90 Å². The number of amides is 1. The summed E-state index contributed by atoms with van der Waals surface area (Å²) in [5.74, 6) is -0.801. The van der Waals surface area contributed by atoms with Gasteiger partial charge in [0.25, 0.3) is 0 Å². The minimum Gasteiger partial charge on any atom is -0.394 e. The number of aryl methyl sites for hydroxylation is 1. The van der Waals surface area contributed by atoms with Crippen molar-refractivity contribution in [3.8, 4) is 0 Å². The van der Waals surface area contributed by atoms with Gasteiger partial charge in [-0.15, -0.1) is 0 Å². The molecule has 5 rings (SSSR count). The van der Waals surface area contributed by atoms with E-state index in [0.717, 1.165) is 29.5 Å². The summed E-state index contributed by atoms with van der Waals surface area (Å²) >= 11 is 0. The van der Waals surface area contributed by atoms with Crippen LogP contribution in [-0.2, 0) is 16.0 Å². The van der Waals surface area contributed by atoms with Crippen molar-refractivity contribution in [2.75, 3.05) is 11.5 Å². The predicted molar refractivity (Wildman–Crippen MR) is 169 cm³/mol. The monoisotopic (exact) mass is 619 g/mol. The zero-order chi connectivity index (χ0) is 32.1. The molecule has 8 nitrogen and oxygen atoms in total. The van der Waals surface area contributed by atoms with Gasteiger partial charge in [-0.05, 0) is 72.2 Å².